The highest BCUT2D eigenvalue weighted by atomic mass is 32.1. The van der Waals surface area contributed by atoms with Gasteiger partial charge in [0.2, 0.25) is 5.13 Å². The SMILES string of the molecule is CCc1nnc(-n2ccc3c2CC(C)(C)CC3N)s1. The van der Waals surface area contributed by atoms with Crippen LogP contribution in [0.1, 0.15) is 49.5 Å². The lowest BCUT2D eigenvalue weighted by molar-refractivity contribution is 0.278. The second-order valence-corrected chi connectivity index (χ2v) is 7.11. The molecule has 0 aliphatic heterocycles. The van der Waals surface area contributed by atoms with Gasteiger partial charge in [-0.2, -0.15) is 0 Å². The van der Waals surface area contributed by atoms with E-state index < -0.39 is 0 Å². The van der Waals surface area contributed by atoms with Gasteiger partial charge in [-0.1, -0.05) is 32.1 Å². The Kier molecular flexibility index (Phi) is 2.98. The molecular formula is C14H20N4S. The first-order valence-corrected chi connectivity index (χ1v) is 7.60. The zero-order valence-electron chi connectivity index (χ0n) is 11.7. The van der Waals surface area contributed by atoms with Gasteiger partial charge in [0, 0.05) is 17.9 Å². The molecule has 102 valence electrons. The Labute approximate surface area is 117 Å². The first-order valence-electron chi connectivity index (χ1n) is 6.78. The fourth-order valence-corrected chi connectivity index (χ4v) is 3.69. The Balaban J connectivity index is 2.05. The van der Waals surface area contributed by atoms with Crippen LogP contribution < -0.4 is 5.73 Å². The summed E-state index contributed by atoms with van der Waals surface area (Å²) in [5.74, 6) is 0. The van der Waals surface area contributed by atoms with Gasteiger partial charge in [0.05, 0.1) is 0 Å². The molecule has 0 saturated heterocycles. The van der Waals surface area contributed by atoms with Crippen LogP contribution in [0.3, 0.4) is 0 Å². The molecular weight excluding hydrogens is 256 g/mol. The van der Waals surface area contributed by atoms with Crippen molar-refractivity contribution in [2.45, 2.75) is 46.1 Å². The topological polar surface area (TPSA) is 56.7 Å². The Bertz CT molecular complexity index is 596. The molecule has 0 radical (unpaired) electrons. The zero-order chi connectivity index (χ0) is 13.6. The second kappa shape index (κ2) is 4.42. The summed E-state index contributed by atoms with van der Waals surface area (Å²) >= 11 is 1.66. The molecule has 1 atom stereocenters. The van der Waals surface area contributed by atoms with Gasteiger partial charge in [-0.25, -0.2) is 0 Å². The number of nitrogens with zero attached hydrogens (tertiary/aromatic N) is 3. The number of nitrogens with two attached hydrogens (primary N) is 1. The molecule has 0 spiro atoms. The van der Waals surface area contributed by atoms with E-state index in [0.29, 0.717) is 0 Å². The van der Waals surface area contributed by atoms with Crippen LogP contribution >= 0.6 is 11.3 Å². The maximum Gasteiger partial charge on any atom is 0.216 e. The Morgan fingerprint density at radius 2 is 2.26 bits per heavy atom. The van der Waals surface area contributed by atoms with Crippen molar-refractivity contribution in [3.05, 3.63) is 28.5 Å². The number of hydrogen-bond donors (Lipinski definition) is 1. The van der Waals surface area contributed by atoms with Crippen molar-refractivity contribution in [1.29, 1.82) is 0 Å². The van der Waals surface area contributed by atoms with Gasteiger partial charge in [0.15, 0.2) is 0 Å². The van der Waals surface area contributed by atoms with E-state index in [1.165, 1.54) is 11.3 Å². The predicted molar refractivity (Wildman–Crippen MR) is 77.6 cm³/mol. The van der Waals surface area contributed by atoms with Crippen molar-refractivity contribution in [2.24, 2.45) is 11.1 Å². The molecule has 19 heavy (non-hydrogen) atoms. The molecule has 4 nitrogen and oxygen atoms in total. The molecule has 2 aromatic heterocycles. The maximum atomic E-state index is 6.30. The number of aromatic nitrogens is 3. The van der Waals surface area contributed by atoms with Crippen LogP contribution in [0.15, 0.2) is 12.3 Å². The monoisotopic (exact) mass is 276 g/mol. The number of hydrogen-bond acceptors (Lipinski definition) is 4. The molecule has 2 heterocycles. The number of rotatable bonds is 2. The molecule has 0 saturated carbocycles. The maximum absolute atomic E-state index is 6.30. The highest BCUT2D eigenvalue weighted by Crippen LogP contribution is 2.40. The third-order valence-electron chi connectivity index (χ3n) is 3.81. The van der Waals surface area contributed by atoms with E-state index in [0.717, 1.165) is 29.4 Å². The summed E-state index contributed by atoms with van der Waals surface area (Å²) in [4.78, 5) is 0. The first kappa shape index (κ1) is 12.8. The van der Waals surface area contributed by atoms with Crippen molar-refractivity contribution in [2.75, 3.05) is 0 Å². The third-order valence-corrected chi connectivity index (χ3v) is 4.88. The van der Waals surface area contributed by atoms with Crippen LogP contribution in [-0.2, 0) is 12.8 Å². The van der Waals surface area contributed by atoms with Crippen molar-refractivity contribution in [3.63, 3.8) is 0 Å². The predicted octanol–water partition coefficient (Wildman–Crippen LogP) is 2.86. The molecule has 3 rings (SSSR count). The molecule has 0 aromatic carbocycles. The largest absolute Gasteiger partial charge is 0.324 e. The number of aryl methyl sites for hydroxylation is 1. The van der Waals surface area contributed by atoms with Crippen LogP contribution in [-0.4, -0.2) is 14.8 Å². The van der Waals surface area contributed by atoms with Gasteiger partial charge in [-0.05, 0) is 36.3 Å². The van der Waals surface area contributed by atoms with Gasteiger partial charge in [0.25, 0.3) is 0 Å². The Hall–Kier alpha value is -1.20. The first-order chi connectivity index (χ1) is 9.00. The molecule has 0 fully saturated rings. The average Bonchev–Trinajstić information content (AvgIpc) is 2.92. The lowest BCUT2D eigenvalue weighted by atomic mass is 9.75. The van der Waals surface area contributed by atoms with E-state index in [1.807, 2.05) is 0 Å². The summed E-state index contributed by atoms with van der Waals surface area (Å²) in [6.45, 7) is 6.67. The summed E-state index contributed by atoms with van der Waals surface area (Å²) in [6, 6.07) is 2.28. The standard InChI is InChI=1S/C14H20N4S/c1-4-12-16-17-13(19-12)18-6-5-9-10(15)7-14(2,3)8-11(9)18/h5-6,10H,4,7-8,15H2,1-3H3. The van der Waals surface area contributed by atoms with E-state index >= 15 is 0 Å². The van der Waals surface area contributed by atoms with Crippen LogP contribution in [0.4, 0.5) is 0 Å². The van der Waals surface area contributed by atoms with Gasteiger partial charge in [-0.15, -0.1) is 10.2 Å². The van der Waals surface area contributed by atoms with E-state index in [4.69, 9.17) is 5.73 Å². The summed E-state index contributed by atoms with van der Waals surface area (Å²) in [7, 11) is 0. The zero-order valence-corrected chi connectivity index (χ0v) is 12.5. The van der Waals surface area contributed by atoms with E-state index in [2.05, 4.69) is 47.8 Å². The van der Waals surface area contributed by atoms with Gasteiger partial charge in [-0.3, -0.25) is 4.57 Å². The van der Waals surface area contributed by atoms with Crippen LogP contribution in [0, 0.1) is 5.41 Å². The lowest BCUT2D eigenvalue weighted by Gasteiger charge is -2.34. The Morgan fingerprint density at radius 3 is 2.95 bits per heavy atom. The van der Waals surface area contributed by atoms with Gasteiger partial charge < -0.3 is 5.73 Å². The molecule has 5 heteroatoms. The van der Waals surface area contributed by atoms with Crippen molar-refractivity contribution in [3.8, 4) is 5.13 Å². The average molecular weight is 276 g/mol. The minimum atomic E-state index is 0.138. The molecule has 1 aliphatic rings. The van der Waals surface area contributed by atoms with E-state index in [9.17, 15) is 0 Å². The molecule has 2 aromatic rings. The van der Waals surface area contributed by atoms with Crippen molar-refractivity contribution >= 4 is 11.3 Å². The molecule has 1 unspecified atom stereocenters. The lowest BCUT2D eigenvalue weighted by Crippen LogP contribution is -2.30. The minimum absolute atomic E-state index is 0.138. The fraction of sp³-hybridized carbons (Fsp3) is 0.571. The van der Waals surface area contributed by atoms with Crippen LogP contribution in [0.25, 0.3) is 5.13 Å². The third kappa shape index (κ3) is 2.21. The Morgan fingerprint density at radius 1 is 1.47 bits per heavy atom. The summed E-state index contributed by atoms with van der Waals surface area (Å²) < 4.78 is 2.17. The molecule has 0 bridgehead atoms. The van der Waals surface area contributed by atoms with E-state index in [-0.39, 0.29) is 11.5 Å². The van der Waals surface area contributed by atoms with Crippen molar-refractivity contribution in [1.82, 2.24) is 14.8 Å². The number of fused-ring (bicyclic) bond motifs is 1. The quantitative estimate of drug-likeness (QED) is 0.917. The fourth-order valence-electron chi connectivity index (χ4n) is 2.90. The van der Waals surface area contributed by atoms with E-state index in [1.54, 1.807) is 11.3 Å². The van der Waals surface area contributed by atoms with Gasteiger partial charge in [0.1, 0.15) is 5.01 Å². The van der Waals surface area contributed by atoms with Crippen molar-refractivity contribution < 1.29 is 0 Å². The van der Waals surface area contributed by atoms with Gasteiger partial charge >= 0.3 is 0 Å². The smallest absolute Gasteiger partial charge is 0.216 e. The highest BCUT2D eigenvalue weighted by Gasteiger charge is 2.33. The molecule has 1 aliphatic carbocycles. The summed E-state index contributed by atoms with van der Waals surface area (Å²) in [5.41, 5.74) is 9.13. The normalized spacial score (nSPS) is 21.4. The van der Waals surface area contributed by atoms with Crippen LogP contribution in [0.5, 0.6) is 0 Å². The second-order valence-electron chi connectivity index (χ2n) is 6.07. The summed E-state index contributed by atoms with van der Waals surface area (Å²) in [6.07, 6.45) is 5.11. The molecule has 2 N–H and O–H groups in total. The molecule has 0 amide bonds. The summed E-state index contributed by atoms with van der Waals surface area (Å²) in [5, 5.41) is 10.6. The van der Waals surface area contributed by atoms with Crippen LogP contribution in [0.2, 0.25) is 0 Å². The highest BCUT2D eigenvalue weighted by molar-refractivity contribution is 7.13. The minimum Gasteiger partial charge on any atom is -0.324 e.